The van der Waals surface area contributed by atoms with Crippen LogP contribution in [0.25, 0.3) is 0 Å². The van der Waals surface area contributed by atoms with Gasteiger partial charge in [-0.15, -0.1) is 5.10 Å². The van der Waals surface area contributed by atoms with Crippen molar-refractivity contribution in [3.05, 3.63) is 11.9 Å². The Kier molecular flexibility index (Phi) is 7.83. The van der Waals surface area contributed by atoms with Gasteiger partial charge >= 0.3 is 12.1 Å². The van der Waals surface area contributed by atoms with Crippen molar-refractivity contribution in [1.82, 2.24) is 25.2 Å². The number of methoxy groups -OCH3 is 1. The first kappa shape index (κ1) is 23.0. The summed E-state index contributed by atoms with van der Waals surface area (Å²) in [6, 6.07) is -1.60. The molecule has 0 spiro atoms. The van der Waals surface area contributed by atoms with Gasteiger partial charge in [0, 0.05) is 19.5 Å². The summed E-state index contributed by atoms with van der Waals surface area (Å²) < 4.78 is 17.8. The van der Waals surface area contributed by atoms with Gasteiger partial charge in [0.05, 0.1) is 32.6 Å². The summed E-state index contributed by atoms with van der Waals surface area (Å²) in [4.78, 5) is 39.3. The van der Waals surface area contributed by atoms with Gasteiger partial charge in [-0.2, -0.15) is 0 Å². The number of fused-ring (bicyclic) bond motifs is 4. The lowest BCUT2D eigenvalue weighted by Crippen LogP contribution is -2.54. The Morgan fingerprint density at radius 1 is 1.29 bits per heavy atom. The molecule has 1 saturated heterocycles. The van der Waals surface area contributed by atoms with Crippen molar-refractivity contribution >= 4 is 18.0 Å². The molecule has 3 atom stereocenters. The average Bonchev–Trinajstić information content (AvgIpc) is 3.38. The molecule has 2 aliphatic rings. The minimum Gasteiger partial charge on any atom is -0.467 e. The van der Waals surface area contributed by atoms with E-state index >= 15 is 0 Å². The number of nitrogens with zero attached hydrogens (tertiary/aromatic N) is 4. The highest BCUT2D eigenvalue weighted by Crippen LogP contribution is 2.24. The molecule has 0 unspecified atom stereocenters. The number of alkyl carbamates (subject to hydrolysis) is 1. The summed E-state index contributed by atoms with van der Waals surface area (Å²) in [6.07, 6.45) is 3.57. The molecule has 0 aromatic carbocycles. The second kappa shape index (κ2) is 10.6. The third-order valence-corrected chi connectivity index (χ3v) is 5.54. The van der Waals surface area contributed by atoms with E-state index < -0.39 is 24.1 Å². The highest BCUT2D eigenvalue weighted by Gasteiger charge is 2.44. The van der Waals surface area contributed by atoms with Crippen LogP contribution in [0.15, 0.2) is 6.20 Å². The molecule has 1 fully saturated rings. The molecule has 3 heterocycles. The molecule has 0 saturated carbocycles. The van der Waals surface area contributed by atoms with Gasteiger partial charge in [-0.05, 0) is 25.2 Å². The van der Waals surface area contributed by atoms with Crippen LogP contribution in [0.5, 0.6) is 0 Å². The van der Waals surface area contributed by atoms with Crippen LogP contribution >= 0.6 is 0 Å². The quantitative estimate of drug-likeness (QED) is 0.676. The van der Waals surface area contributed by atoms with E-state index in [0.29, 0.717) is 25.1 Å². The molecule has 11 heteroatoms. The number of cyclic esters (lactones) is 1. The number of amides is 2. The number of nitrogens with one attached hydrogen (secondary N) is 1. The van der Waals surface area contributed by atoms with Gasteiger partial charge in [0.1, 0.15) is 17.8 Å². The molecule has 11 nitrogen and oxygen atoms in total. The maximum Gasteiger partial charge on any atom is 0.407 e. The fraction of sp³-hybridized carbons (Fsp3) is 0.750. The smallest absolute Gasteiger partial charge is 0.407 e. The zero-order valence-electron chi connectivity index (χ0n) is 18.3. The molecule has 2 aliphatic heterocycles. The van der Waals surface area contributed by atoms with Gasteiger partial charge < -0.3 is 24.4 Å². The number of carbonyl (C=O) groups excluding carboxylic acids is 3. The molecule has 0 radical (unpaired) electrons. The lowest BCUT2D eigenvalue weighted by molar-refractivity contribution is -0.151. The second-order valence-electron chi connectivity index (χ2n) is 8.23. The molecule has 172 valence electrons. The van der Waals surface area contributed by atoms with Crippen LogP contribution < -0.4 is 5.32 Å². The highest BCUT2D eigenvalue weighted by molar-refractivity contribution is 5.90. The van der Waals surface area contributed by atoms with Gasteiger partial charge in [0.15, 0.2) is 0 Å². The standard InChI is InChI=1S/C20H31N5O6/c1-13(2)17-18(26)25-11-15(9-16(25)19(27)29-3)31-12-14-10-24(23-22-14)7-5-4-6-8-30-20(28)21-17/h10,13,15-17H,4-9,11-12H2,1-3H3,(H,21,28)/t15-,16+,17+/m1/s1. The molecule has 31 heavy (non-hydrogen) atoms. The van der Waals surface area contributed by atoms with Crippen molar-refractivity contribution in [3.63, 3.8) is 0 Å². The van der Waals surface area contributed by atoms with Gasteiger partial charge in [0.25, 0.3) is 0 Å². The zero-order valence-corrected chi connectivity index (χ0v) is 18.3. The zero-order chi connectivity index (χ0) is 22.4. The van der Waals surface area contributed by atoms with Crippen LogP contribution in [0, 0.1) is 5.92 Å². The number of aryl methyl sites for hydroxylation is 1. The topological polar surface area (TPSA) is 125 Å². The second-order valence-corrected chi connectivity index (χ2v) is 8.23. The van der Waals surface area contributed by atoms with E-state index in [0.717, 1.165) is 12.8 Å². The van der Waals surface area contributed by atoms with Crippen LogP contribution in [0.1, 0.15) is 45.2 Å². The summed E-state index contributed by atoms with van der Waals surface area (Å²) in [5, 5.41) is 10.9. The predicted molar refractivity (Wildman–Crippen MR) is 108 cm³/mol. The maximum absolute atomic E-state index is 13.3. The van der Waals surface area contributed by atoms with Gasteiger partial charge in [-0.1, -0.05) is 19.1 Å². The highest BCUT2D eigenvalue weighted by atomic mass is 16.5. The Bertz CT molecular complexity index is 782. The Labute approximate surface area is 181 Å². The van der Waals surface area contributed by atoms with Crippen molar-refractivity contribution in [2.24, 2.45) is 5.92 Å². The maximum atomic E-state index is 13.3. The summed E-state index contributed by atoms with van der Waals surface area (Å²) in [5.74, 6) is -1.07. The third kappa shape index (κ3) is 5.93. The Morgan fingerprint density at radius 2 is 2.10 bits per heavy atom. The normalized spacial score (nSPS) is 26.1. The van der Waals surface area contributed by atoms with Crippen LogP contribution in [-0.2, 0) is 37.0 Å². The molecule has 0 aliphatic carbocycles. The fourth-order valence-electron chi connectivity index (χ4n) is 3.82. The molecule has 1 N–H and O–H groups in total. The first-order chi connectivity index (χ1) is 14.9. The van der Waals surface area contributed by atoms with E-state index in [1.165, 1.54) is 12.0 Å². The molecule has 3 rings (SSSR count). The first-order valence-electron chi connectivity index (χ1n) is 10.7. The summed E-state index contributed by atoms with van der Waals surface area (Å²) >= 11 is 0. The minimum absolute atomic E-state index is 0.195. The fourth-order valence-corrected chi connectivity index (χ4v) is 3.82. The van der Waals surface area contributed by atoms with E-state index in [2.05, 4.69) is 15.6 Å². The lowest BCUT2D eigenvalue weighted by Gasteiger charge is -2.29. The number of rotatable bonds is 2. The van der Waals surface area contributed by atoms with Crippen LogP contribution in [0.4, 0.5) is 4.79 Å². The van der Waals surface area contributed by atoms with Crippen LogP contribution in [-0.4, -0.2) is 76.3 Å². The number of carbonyl (C=O) groups is 3. The summed E-state index contributed by atoms with van der Waals surface area (Å²) in [5.41, 5.74) is 0.691. The van der Waals surface area contributed by atoms with E-state index in [9.17, 15) is 14.4 Å². The molecule has 4 bridgehead atoms. The van der Waals surface area contributed by atoms with Crippen molar-refractivity contribution in [2.75, 3.05) is 20.3 Å². The van der Waals surface area contributed by atoms with Gasteiger partial charge in [0.2, 0.25) is 5.91 Å². The van der Waals surface area contributed by atoms with Crippen LogP contribution in [0.3, 0.4) is 0 Å². The van der Waals surface area contributed by atoms with E-state index in [1.54, 1.807) is 4.68 Å². The number of esters is 1. The van der Waals surface area contributed by atoms with Crippen LogP contribution in [0.2, 0.25) is 0 Å². The van der Waals surface area contributed by atoms with E-state index in [1.807, 2.05) is 20.0 Å². The number of hydrogen-bond acceptors (Lipinski definition) is 8. The van der Waals surface area contributed by atoms with Crippen molar-refractivity contribution < 1.29 is 28.6 Å². The van der Waals surface area contributed by atoms with E-state index in [4.69, 9.17) is 14.2 Å². The predicted octanol–water partition coefficient (Wildman–Crippen LogP) is 0.872. The molecular formula is C20H31N5O6. The Hall–Kier alpha value is -2.69. The SMILES string of the molecule is COC(=O)[C@@H]1C[C@@H]2CN1C(=O)[C@H](C(C)C)NC(=O)OCCCCCn1cc(nn1)CO2. The number of ether oxygens (including phenoxy) is 3. The number of aromatic nitrogens is 3. The molecular weight excluding hydrogens is 406 g/mol. The monoisotopic (exact) mass is 437 g/mol. The van der Waals surface area contributed by atoms with Gasteiger partial charge in [-0.25, -0.2) is 9.59 Å². The largest absolute Gasteiger partial charge is 0.467 e. The van der Waals surface area contributed by atoms with Crippen molar-refractivity contribution in [1.29, 1.82) is 0 Å². The molecule has 1 aromatic rings. The molecule has 1 aromatic heterocycles. The first-order valence-corrected chi connectivity index (χ1v) is 10.7. The lowest BCUT2D eigenvalue weighted by atomic mass is 10.0. The summed E-state index contributed by atoms with van der Waals surface area (Å²) in [7, 11) is 1.29. The summed E-state index contributed by atoms with van der Waals surface area (Å²) in [6.45, 7) is 5.08. The Balaban J connectivity index is 1.80. The number of hydrogen-bond donors (Lipinski definition) is 1. The van der Waals surface area contributed by atoms with Crippen molar-refractivity contribution in [3.8, 4) is 0 Å². The molecule has 2 amide bonds. The average molecular weight is 437 g/mol. The Morgan fingerprint density at radius 3 is 2.84 bits per heavy atom. The van der Waals surface area contributed by atoms with Crippen molar-refractivity contribution in [2.45, 2.75) is 70.9 Å². The van der Waals surface area contributed by atoms with E-state index in [-0.39, 0.29) is 37.7 Å². The van der Waals surface area contributed by atoms with Gasteiger partial charge in [-0.3, -0.25) is 9.48 Å². The third-order valence-electron chi connectivity index (χ3n) is 5.54. The minimum atomic E-state index is -0.822.